The normalized spacial score (nSPS) is 17.6. The van der Waals surface area contributed by atoms with Gasteiger partial charge in [0.05, 0.1) is 35.5 Å². The number of aryl methyl sites for hydroxylation is 1. The molecule has 1 fully saturated rings. The molecule has 1 unspecified atom stereocenters. The first-order valence-corrected chi connectivity index (χ1v) is 12.5. The highest BCUT2D eigenvalue weighted by atomic mass is 16.2. The van der Waals surface area contributed by atoms with E-state index in [0.29, 0.717) is 5.56 Å². The molecule has 7 heteroatoms. The number of nitriles is 1. The smallest absolute Gasteiger partial charge is 0.258 e. The first kappa shape index (κ1) is 23.0. The number of amides is 1. The molecule has 1 atom stereocenters. The molecule has 7 nitrogen and oxygen atoms in total. The highest BCUT2D eigenvalue weighted by Crippen LogP contribution is 2.40. The summed E-state index contributed by atoms with van der Waals surface area (Å²) in [5, 5.41) is 9.95. The Morgan fingerprint density at radius 3 is 2.35 bits per heavy atom. The van der Waals surface area contributed by atoms with Crippen molar-refractivity contribution < 1.29 is 4.79 Å². The lowest BCUT2D eigenvalue weighted by Gasteiger charge is -2.41. The Morgan fingerprint density at radius 2 is 1.62 bits per heavy atom. The molecule has 1 amide bonds. The Kier molecular flexibility index (Phi) is 5.74. The van der Waals surface area contributed by atoms with Gasteiger partial charge in [0.15, 0.2) is 0 Å². The molecule has 0 spiro atoms. The first-order chi connectivity index (χ1) is 18.1. The van der Waals surface area contributed by atoms with Crippen molar-refractivity contribution in [2.45, 2.75) is 6.04 Å². The van der Waals surface area contributed by atoms with Crippen LogP contribution in [0.4, 0.5) is 11.4 Å². The van der Waals surface area contributed by atoms with Gasteiger partial charge in [-0.25, -0.2) is 4.98 Å². The van der Waals surface area contributed by atoms with E-state index in [4.69, 9.17) is 0 Å². The molecule has 2 aliphatic heterocycles. The van der Waals surface area contributed by atoms with Crippen molar-refractivity contribution in [2.75, 3.05) is 43.0 Å². The van der Waals surface area contributed by atoms with E-state index < -0.39 is 0 Å². The predicted octanol–water partition coefficient (Wildman–Crippen LogP) is 4.46. The summed E-state index contributed by atoms with van der Waals surface area (Å²) in [6.45, 7) is 3.23. The Morgan fingerprint density at radius 1 is 0.892 bits per heavy atom. The quantitative estimate of drug-likeness (QED) is 0.426. The number of fused-ring (bicyclic) bond motifs is 2. The Labute approximate surface area is 216 Å². The van der Waals surface area contributed by atoms with E-state index in [9.17, 15) is 10.1 Å². The maximum atomic E-state index is 13.3. The second kappa shape index (κ2) is 9.23. The van der Waals surface area contributed by atoms with E-state index in [2.05, 4.69) is 51.2 Å². The summed E-state index contributed by atoms with van der Waals surface area (Å²) in [5.74, 6) is 0.0244. The lowest BCUT2D eigenvalue weighted by atomic mass is 9.93. The van der Waals surface area contributed by atoms with Crippen LogP contribution in [0.15, 0.2) is 79.3 Å². The minimum atomic E-state index is -0.00824. The van der Waals surface area contributed by atoms with Gasteiger partial charge in [-0.15, -0.1) is 0 Å². The third-order valence-corrected chi connectivity index (χ3v) is 7.63. The van der Waals surface area contributed by atoms with E-state index in [1.54, 1.807) is 11.2 Å². The molecule has 2 aliphatic rings. The molecule has 37 heavy (non-hydrogen) atoms. The van der Waals surface area contributed by atoms with Gasteiger partial charge in [0.25, 0.3) is 5.91 Å². The molecular weight excluding hydrogens is 460 g/mol. The third-order valence-electron chi connectivity index (χ3n) is 7.63. The SMILES string of the molecule is CN1C(=O)c2ccccc2C(N2CCN(c3ccc(-c4cncn4C)cc3C#N)CC2)c2ccccc21. The van der Waals surface area contributed by atoms with Crippen LogP contribution in [0.2, 0.25) is 0 Å². The number of benzene rings is 3. The molecule has 0 aliphatic carbocycles. The van der Waals surface area contributed by atoms with Crippen molar-refractivity contribution in [1.82, 2.24) is 14.5 Å². The van der Waals surface area contributed by atoms with Crippen molar-refractivity contribution in [1.29, 1.82) is 5.26 Å². The van der Waals surface area contributed by atoms with Crippen LogP contribution in [0, 0.1) is 11.3 Å². The van der Waals surface area contributed by atoms with E-state index in [0.717, 1.165) is 65.5 Å². The number of anilines is 2. The molecule has 0 saturated carbocycles. The van der Waals surface area contributed by atoms with E-state index in [1.807, 2.05) is 61.3 Å². The zero-order valence-corrected chi connectivity index (χ0v) is 21.0. The largest absolute Gasteiger partial charge is 0.368 e. The fourth-order valence-corrected chi connectivity index (χ4v) is 5.72. The van der Waals surface area contributed by atoms with Gasteiger partial charge in [-0.3, -0.25) is 9.69 Å². The summed E-state index contributed by atoms with van der Waals surface area (Å²) in [4.78, 5) is 24.1. The second-order valence-electron chi connectivity index (χ2n) is 9.67. The van der Waals surface area contributed by atoms with Crippen LogP contribution in [0.5, 0.6) is 0 Å². The van der Waals surface area contributed by atoms with Crippen molar-refractivity contribution in [3.8, 4) is 17.3 Å². The van der Waals surface area contributed by atoms with Gasteiger partial charge in [0.2, 0.25) is 0 Å². The topological polar surface area (TPSA) is 68.4 Å². The summed E-state index contributed by atoms with van der Waals surface area (Å²) >= 11 is 0. The first-order valence-electron chi connectivity index (χ1n) is 12.5. The minimum Gasteiger partial charge on any atom is -0.368 e. The molecule has 6 rings (SSSR count). The summed E-state index contributed by atoms with van der Waals surface area (Å²) in [6.07, 6.45) is 3.59. The highest BCUT2D eigenvalue weighted by molar-refractivity contribution is 6.08. The molecular formula is C30H28N6O. The molecule has 3 heterocycles. The van der Waals surface area contributed by atoms with Gasteiger partial charge in [-0.1, -0.05) is 42.5 Å². The molecule has 1 saturated heterocycles. The number of hydrogen-bond acceptors (Lipinski definition) is 5. The van der Waals surface area contributed by atoms with E-state index >= 15 is 0 Å². The predicted molar refractivity (Wildman–Crippen MR) is 145 cm³/mol. The van der Waals surface area contributed by atoms with Crippen LogP contribution in [0.25, 0.3) is 11.3 Å². The van der Waals surface area contributed by atoms with Crippen molar-refractivity contribution in [3.05, 3.63) is 102 Å². The van der Waals surface area contributed by atoms with Crippen LogP contribution < -0.4 is 9.80 Å². The standard InChI is InChI=1S/C30H28N6O/c1-33-20-32-19-28(33)21-11-12-26(22(17-21)18-31)35-13-15-36(16-14-35)29-23-7-3-4-8-24(23)30(37)34(2)27-10-6-5-9-25(27)29/h3-12,17,19-20,29H,13-16H2,1-2H3. The third kappa shape index (κ3) is 3.87. The van der Waals surface area contributed by atoms with Crippen LogP contribution >= 0.6 is 0 Å². The average Bonchev–Trinajstić information content (AvgIpc) is 3.35. The van der Waals surface area contributed by atoms with Gasteiger partial charge in [0.1, 0.15) is 6.07 Å². The fourth-order valence-electron chi connectivity index (χ4n) is 5.72. The molecule has 3 aromatic carbocycles. The molecule has 184 valence electrons. The molecule has 1 aromatic heterocycles. The zero-order chi connectivity index (χ0) is 25.5. The number of carbonyl (C=O) groups is 1. The van der Waals surface area contributed by atoms with Gasteiger partial charge < -0.3 is 14.4 Å². The number of carbonyl (C=O) groups excluding carboxylic acids is 1. The van der Waals surface area contributed by atoms with Crippen LogP contribution in [-0.4, -0.2) is 53.6 Å². The van der Waals surface area contributed by atoms with Crippen LogP contribution in [-0.2, 0) is 7.05 Å². The lowest BCUT2D eigenvalue weighted by molar-refractivity contribution is 0.0992. The number of nitrogens with zero attached hydrogens (tertiary/aromatic N) is 6. The van der Waals surface area contributed by atoms with Crippen molar-refractivity contribution in [3.63, 3.8) is 0 Å². The van der Waals surface area contributed by atoms with E-state index in [1.165, 1.54) is 0 Å². The Bertz CT molecular complexity index is 1530. The van der Waals surface area contributed by atoms with E-state index in [-0.39, 0.29) is 11.9 Å². The molecule has 0 radical (unpaired) electrons. The monoisotopic (exact) mass is 488 g/mol. The maximum Gasteiger partial charge on any atom is 0.258 e. The van der Waals surface area contributed by atoms with Crippen LogP contribution in [0.1, 0.15) is 33.1 Å². The van der Waals surface area contributed by atoms with Gasteiger partial charge >= 0.3 is 0 Å². The average molecular weight is 489 g/mol. The van der Waals surface area contributed by atoms with Crippen LogP contribution in [0.3, 0.4) is 0 Å². The lowest BCUT2D eigenvalue weighted by Crippen LogP contribution is -2.48. The molecule has 0 N–H and O–H groups in total. The number of para-hydroxylation sites is 1. The Balaban J connectivity index is 1.30. The number of hydrogen-bond donors (Lipinski definition) is 0. The Hall–Kier alpha value is -4.41. The number of imidazole rings is 1. The zero-order valence-electron chi connectivity index (χ0n) is 21.0. The number of piperazine rings is 1. The highest BCUT2D eigenvalue weighted by Gasteiger charge is 2.35. The maximum absolute atomic E-state index is 13.3. The number of rotatable bonds is 3. The molecule has 0 bridgehead atoms. The summed E-state index contributed by atoms with van der Waals surface area (Å²) in [5.41, 5.74) is 7.51. The van der Waals surface area contributed by atoms with Crippen molar-refractivity contribution in [2.24, 2.45) is 7.05 Å². The minimum absolute atomic E-state index is 0.00824. The van der Waals surface area contributed by atoms with Gasteiger partial charge in [0, 0.05) is 57.1 Å². The molecule has 4 aromatic rings. The summed E-state index contributed by atoms with van der Waals surface area (Å²) in [6, 6.07) is 24.7. The fraction of sp³-hybridized carbons (Fsp3) is 0.233. The van der Waals surface area contributed by atoms with Gasteiger partial charge in [-0.2, -0.15) is 5.26 Å². The number of aromatic nitrogens is 2. The van der Waals surface area contributed by atoms with Gasteiger partial charge in [-0.05, 0) is 35.4 Å². The summed E-state index contributed by atoms with van der Waals surface area (Å²) in [7, 11) is 3.81. The second-order valence-corrected chi connectivity index (χ2v) is 9.67. The summed E-state index contributed by atoms with van der Waals surface area (Å²) < 4.78 is 1.96. The van der Waals surface area contributed by atoms with Crippen molar-refractivity contribution >= 4 is 17.3 Å².